The molecule has 1 heterocycles. The van der Waals surface area contributed by atoms with Crippen LogP contribution in [0.2, 0.25) is 0 Å². The predicted molar refractivity (Wildman–Crippen MR) is 151 cm³/mol. The molecule has 1 saturated heterocycles. The molecule has 9 heteroatoms. The molecule has 228 valence electrons. The predicted octanol–water partition coefficient (Wildman–Crippen LogP) is 4.20. The van der Waals surface area contributed by atoms with Crippen molar-refractivity contribution >= 4 is 23.7 Å². The summed E-state index contributed by atoms with van der Waals surface area (Å²) in [6.45, 7) is 13.7. The van der Waals surface area contributed by atoms with E-state index >= 15 is 0 Å². The van der Waals surface area contributed by atoms with E-state index in [1.165, 1.54) is 13.8 Å². The lowest BCUT2D eigenvalue weighted by molar-refractivity contribution is -0.339. The minimum atomic E-state index is -1.84. The molecule has 1 aromatic rings. The molecule has 3 aliphatic carbocycles. The maximum atomic E-state index is 14.9. The second kappa shape index (κ2) is 10.0. The Hall–Kier alpha value is -3.04. The highest BCUT2D eigenvalue weighted by Gasteiger charge is 2.77. The number of aliphatic hydroxyl groups is 1. The minimum absolute atomic E-state index is 0.00310. The van der Waals surface area contributed by atoms with Crippen LogP contribution in [0.1, 0.15) is 78.6 Å². The van der Waals surface area contributed by atoms with Crippen LogP contribution in [0.3, 0.4) is 0 Å². The number of rotatable bonds is 4. The maximum absolute atomic E-state index is 14.9. The monoisotopic (exact) mass is 582 g/mol. The van der Waals surface area contributed by atoms with Crippen molar-refractivity contribution in [2.24, 2.45) is 28.6 Å². The molecule has 9 nitrogen and oxygen atoms in total. The molecule has 0 unspecified atom stereocenters. The molecule has 4 aliphatic rings. The average molecular weight is 583 g/mol. The van der Waals surface area contributed by atoms with Gasteiger partial charge in [0.2, 0.25) is 0 Å². The second-order valence-corrected chi connectivity index (χ2v) is 13.5. The van der Waals surface area contributed by atoms with E-state index in [9.17, 15) is 24.3 Å². The van der Waals surface area contributed by atoms with Gasteiger partial charge in [-0.05, 0) is 42.5 Å². The molecular weight excluding hydrogens is 540 g/mol. The van der Waals surface area contributed by atoms with Crippen LogP contribution >= 0.6 is 0 Å². The Labute approximate surface area is 246 Å². The summed E-state index contributed by atoms with van der Waals surface area (Å²) < 4.78 is 24.2. The number of fused-ring (bicyclic) bond motifs is 5. The number of carbonyl (C=O) groups excluding carboxylic acids is 4. The molecule has 1 N–H and O–H groups in total. The van der Waals surface area contributed by atoms with Crippen LogP contribution in [-0.4, -0.2) is 64.9 Å². The van der Waals surface area contributed by atoms with Crippen LogP contribution in [0.25, 0.3) is 0 Å². The third kappa shape index (κ3) is 4.10. The first kappa shape index (κ1) is 30.4. The van der Waals surface area contributed by atoms with Crippen LogP contribution in [-0.2, 0) is 33.3 Å². The largest absolute Gasteiger partial charge is 0.458 e. The molecule has 0 aromatic heterocycles. The van der Waals surface area contributed by atoms with Gasteiger partial charge in [0.15, 0.2) is 5.60 Å². The third-order valence-corrected chi connectivity index (χ3v) is 11.0. The molecule has 3 fully saturated rings. The zero-order valence-electron chi connectivity index (χ0n) is 25.7. The van der Waals surface area contributed by atoms with Crippen LogP contribution < -0.4 is 0 Å². The van der Waals surface area contributed by atoms with Crippen molar-refractivity contribution in [2.45, 2.75) is 97.7 Å². The standard InChI is InChI=1S/C33H42O9/c1-17-14-24-32(16-39-24,42-21(5)35)26-28(41-29(37)22-12-10-9-11-13-22)33(38)15-23(40-20(4)34)18(2)25(30(33,6)7)19(3)27(36)31(17,26)8/h9-13,17,19,23-24,26,28,38H,14-16H2,1-8H3/t17-,19+,23-,24+,26-,28-,31+,32-,33+/m0/s1. The number of carbonyl (C=O) groups is 4. The van der Waals surface area contributed by atoms with E-state index in [1.807, 2.05) is 41.5 Å². The summed E-state index contributed by atoms with van der Waals surface area (Å²) in [5.41, 5.74) is -3.80. The zero-order chi connectivity index (χ0) is 31.0. The first-order valence-corrected chi connectivity index (χ1v) is 14.7. The van der Waals surface area contributed by atoms with Crippen molar-refractivity contribution in [3.8, 4) is 0 Å². The fourth-order valence-corrected chi connectivity index (χ4v) is 8.77. The topological polar surface area (TPSA) is 125 Å². The van der Waals surface area contributed by atoms with E-state index in [0.29, 0.717) is 17.6 Å². The first-order valence-electron chi connectivity index (χ1n) is 14.7. The minimum Gasteiger partial charge on any atom is -0.458 e. The molecule has 2 bridgehead atoms. The molecule has 42 heavy (non-hydrogen) atoms. The summed E-state index contributed by atoms with van der Waals surface area (Å²) in [5.74, 6) is -3.77. The Morgan fingerprint density at radius 3 is 2.19 bits per heavy atom. The fourth-order valence-electron chi connectivity index (χ4n) is 8.77. The Kier molecular flexibility index (Phi) is 7.25. The van der Waals surface area contributed by atoms with E-state index < -0.39 is 70.1 Å². The van der Waals surface area contributed by atoms with E-state index in [-0.39, 0.29) is 30.3 Å². The van der Waals surface area contributed by atoms with Gasteiger partial charge in [-0.2, -0.15) is 0 Å². The van der Waals surface area contributed by atoms with Gasteiger partial charge < -0.3 is 24.1 Å². The number of ketones is 1. The van der Waals surface area contributed by atoms with E-state index in [1.54, 1.807) is 30.3 Å². The van der Waals surface area contributed by atoms with E-state index in [0.717, 1.165) is 0 Å². The van der Waals surface area contributed by atoms with Crippen LogP contribution in [0.15, 0.2) is 41.5 Å². The number of hydrogen-bond acceptors (Lipinski definition) is 9. The summed E-state index contributed by atoms with van der Waals surface area (Å²) in [6.07, 6.45) is -2.37. The van der Waals surface area contributed by atoms with Crippen molar-refractivity contribution < 1.29 is 43.2 Å². The highest BCUT2D eigenvalue weighted by molar-refractivity contribution is 5.92. The van der Waals surface area contributed by atoms with Gasteiger partial charge in [0.25, 0.3) is 0 Å². The number of benzene rings is 1. The van der Waals surface area contributed by atoms with Crippen molar-refractivity contribution in [3.63, 3.8) is 0 Å². The molecule has 2 saturated carbocycles. The highest BCUT2D eigenvalue weighted by Crippen LogP contribution is 2.66. The Balaban J connectivity index is 1.82. The van der Waals surface area contributed by atoms with Crippen molar-refractivity contribution in [3.05, 3.63) is 47.0 Å². The first-order chi connectivity index (χ1) is 19.5. The van der Waals surface area contributed by atoms with Gasteiger partial charge in [0, 0.05) is 37.0 Å². The molecule has 5 rings (SSSR count). The number of ether oxygens (including phenoxy) is 4. The molecule has 9 atom stereocenters. The van der Waals surface area contributed by atoms with Crippen molar-refractivity contribution in [1.82, 2.24) is 0 Å². The van der Waals surface area contributed by atoms with Crippen molar-refractivity contribution in [1.29, 1.82) is 0 Å². The molecule has 0 amide bonds. The normalized spacial score (nSPS) is 40.4. The van der Waals surface area contributed by atoms with Gasteiger partial charge in [0.1, 0.15) is 29.7 Å². The Morgan fingerprint density at radius 1 is 1.00 bits per heavy atom. The van der Waals surface area contributed by atoms with Gasteiger partial charge in [-0.25, -0.2) is 4.79 Å². The van der Waals surface area contributed by atoms with E-state index in [4.69, 9.17) is 18.9 Å². The highest BCUT2D eigenvalue weighted by atomic mass is 16.6. The van der Waals surface area contributed by atoms with Gasteiger partial charge in [-0.1, -0.05) is 52.8 Å². The lowest BCUT2D eigenvalue weighted by Crippen LogP contribution is -2.80. The quantitative estimate of drug-likeness (QED) is 0.316. The summed E-state index contributed by atoms with van der Waals surface area (Å²) in [6, 6.07) is 8.43. The summed E-state index contributed by atoms with van der Waals surface area (Å²) in [4.78, 5) is 53.6. The third-order valence-electron chi connectivity index (χ3n) is 11.0. The maximum Gasteiger partial charge on any atom is 0.338 e. The summed E-state index contributed by atoms with van der Waals surface area (Å²) in [5, 5.41) is 13.1. The summed E-state index contributed by atoms with van der Waals surface area (Å²) >= 11 is 0. The van der Waals surface area contributed by atoms with Gasteiger partial charge >= 0.3 is 17.9 Å². The molecular formula is C33H42O9. The molecule has 0 radical (unpaired) electrons. The molecule has 0 spiro atoms. The second-order valence-electron chi connectivity index (χ2n) is 13.5. The number of esters is 3. The zero-order valence-corrected chi connectivity index (χ0v) is 25.7. The lowest BCUT2D eigenvalue weighted by atomic mass is 9.42. The molecule has 1 aromatic carbocycles. The SMILES string of the molecule is CC(=O)O[C@H]1C[C@@]2(O)[C@@H](OC(=O)c3ccccc3)[C@@H]3[C@]4(OC(C)=O)CO[C@@H]4C[C@H](C)[C@@]3(C)C(=O)[C@H](C)C(=C1C)C2(C)C. The number of hydrogen-bond donors (Lipinski definition) is 1. The van der Waals surface area contributed by atoms with Gasteiger partial charge in [-0.15, -0.1) is 0 Å². The fraction of sp³-hybridized carbons (Fsp3) is 0.636. The van der Waals surface area contributed by atoms with Crippen LogP contribution in [0, 0.1) is 28.6 Å². The average Bonchev–Trinajstić information content (AvgIpc) is 2.90. The Morgan fingerprint density at radius 2 is 1.64 bits per heavy atom. The van der Waals surface area contributed by atoms with Crippen molar-refractivity contribution in [2.75, 3.05) is 6.61 Å². The molecule has 1 aliphatic heterocycles. The van der Waals surface area contributed by atoms with Crippen LogP contribution in [0.4, 0.5) is 0 Å². The van der Waals surface area contributed by atoms with Gasteiger partial charge in [-0.3, -0.25) is 14.4 Å². The Bertz CT molecular complexity index is 1350. The van der Waals surface area contributed by atoms with Gasteiger partial charge in [0.05, 0.1) is 18.1 Å². The summed E-state index contributed by atoms with van der Waals surface area (Å²) in [7, 11) is 0. The lowest BCUT2D eigenvalue weighted by Gasteiger charge is -2.68. The smallest absolute Gasteiger partial charge is 0.338 e. The number of Topliss-reactive ketones (excluding diaryl/α,β-unsaturated/α-hetero) is 1. The van der Waals surface area contributed by atoms with Crippen LogP contribution in [0.5, 0.6) is 0 Å². The van der Waals surface area contributed by atoms with E-state index in [2.05, 4.69) is 0 Å².